The van der Waals surface area contributed by atoms with E-state index < -0.39 is 0 Å². The number of carbonyl (C=O) groups is 1. The Morgan fingerprint density at radius 3 is 2.46 bits per heavy atom. The van der Waals surface area contributed by atoms with Crippen molar-refractivity contribution in [2.75, 3.05) is 0 Å². The first-order chi connectivity index (χ1) is 12.5. The van der Waals surface area contributed by atoms with Crippen LogP contribution in [0, 0.1) is 20.8 Å². The van der Waals surface area contributed by atoms with Gasteiger partial charge in [0, 0.05) is 6.92 Å². The molecule has 3 aromatic rings. The normalized spacial score (nSPS) is 10.7. The van der Waals surface area contributed by atoms with Gasteiger partial charge in [-0.3, -0.25) is 4.79 Å². The van der Waals surface area contributed by atoms with Crippen molar-refractivity contribution >= 4 is 5.97 Å². The van der Waals surface area contributed by atoms with E-state index in [9.17, 15) is 4.79 Å². The SMILES string of the molecule is Cc1nnc(COC(=O)Cc2ccc(OCc3c(C)noc3C)cc2)o1. The molecule has 0 aliphatic rings. The summed E-state index contributed by atoms with van der Waals surface area (Å²) < 4.78 is 21.1. The lowest BCUT2D eigenvalue weighted by atomic mass is 10.1. The molecule has 2 aromatic heterocycles. The molecule has 0 bridgehead atoms. The van der Waals surface area contributed by atoms with Gasteiger partial charge in [-0.25, -0.2) is 0 Å². The molecular weight excluding hydrogens is 338 g/mol. The van der Waals surface area contributed by atoms with Gasteiger partial charge in [0.25, 0.3) is 5.89 Å². The van der Waals surface area contributed by atoms with Crippen LogP contribution in [0.4, 0.5) is 0 Å². The third kappa shape index (κ3) is 4.47. The number of hydrogen-bond acceptors (Lipinski definition) is 8. The van der Waals surface area contributed by atoms with Crippen LogP contribution in [0.15, 0.2) is 33.2 Å². The van der Waals surface area contributed by atoms with E-state index in [2.05, 4.69) is 15.4 Å². The zero-order valence-corrected chi connectivity index (χ0v) is 14.8. The number of hydrogen-bond donors (Lipinski definition) is 0. The van der Waals surface area contributed by atoms with Crippen molar-refractivity contribution in [3.8, 4) is 5.75 Å². The predicted molar refractivity (Wildman–Crippen MR) is 89.3 cm³/mol. The Labute approximate surface area is 150 Å². The van der Waals surface area contributed by atoms with E-state index in [-0.39, 0.29) is 24.9 Å². The third-order valence-electron chi connectivity index (χ3n) is 3.76. The minimum atomic E-state index is -0.370. The number of carbonyl (C=O) groups excluding carboxylic acids is 1. The third-order valence-corrected chi connectivity index (χ3v) is 3.76. The number of benzene rings is 1. The Kier molecular flexibility index (Phi) is 5.31. The van der Waals surface area contributed by atoms with E-state index in [1.54, 1.807) is 6.92 Å². The van der Waals surface area contributed by atoms with Gasteiger partial charge in [-0.15, -0.1) is 10.2 Å². The number of esters is 1. The lowest BCUT2D eigenvalue weighted by Crippen LogP contribution is -2.08. The first-order valence-corrected chi connectivity index (χ1v) is 8.09. The van der Waals surface area contributed by atoms with Crippen LogP contribution in [0.5, 0.6) is 5.75 Å². The van der Waals surface area contributed by atoms with Crippen LogP contribution in [0.25, 0.3) is 0 Å². The molecule has 0 saturated heterocycles. The second kappa shape index (κ2) is 7.81. The molecule has 0 N–H and O–H groups in total. The summed E-state index contributed by atoms with van der Waals surface area (Å²) in [6.07, 6.45) is 0.150. The van der Waals surface area contributed by atoms with Crippen molar-refractivity contribution in [3.63, 3.8) is 0 Å². The smallest absolute Gasteiger partial charge is 0.310 e. The molecule has 136 valence electrons. The average molecular weight is 357 g/mol. The van der Waals surface area contributed by atoms with Crippen molar-refractivity contribution < 1.29 is 23.2 Å². The molecule has 8 heteroatoms. The Morgan fingerprint density at radius 1 is 1.08 bits per heavy atom. The predicted octanol–water partition coefficient (Wildman–Crippen LogP) is 2.85. The lowest BCUT2D eigenvalue weighted by molar-refractivity contribution is -0.144. The number of aryl methyl sites for hydroxylation is 3. The summed E-state index contributed by atoms with van der Waals surface area (Å²) in [5.74, 6) is 1.79. The molecule has 2 heterocycles. The molecule has 0 saturated carbocycles. The van der Waals surface area contributed by atoms with Crippen molar-refractivity contribution in [2.24, 2.45) is 0 Å². The highest BCUT2D eigenvalue weighted by Crippen LogP contribution is 2.18. The van der Waals surface area contributed by atoms with Gasteiger partial charge in [-0.1, -0.05) is 17.3 Å². The van der Waals surface area contributed by atoms with E-state index in [1.165, 1.54) is 0 Å². The fraction of sp³-hybridized carbons (Fsp3) is 0.333. The van der Waals surface area contributed by atoms with Gasteiger partial charge >= 0.3 is 5.97 Å². The first-order valence-electron chi connectivity index (χ1n) is 8.09. The molecule has 3 rings (SSSR count). The fourth-order valence-corrected chi connectivity index (χ4v) is 2.32. The highest BCUT2D eigenvalue weighted by atomic mass is 16.5. The van der Waals surface area contributed by atoms with Crippen LogP contribution in [0.1, 0.15) is 34.4 Å². The zero-order valence-electron chi connectivity index (χ0n) is 14.8. The summed E-state index contributed by atoms with van der Waals surface area (Å²) in [6, 6.07) is 7.26. The van der Waals surface area contributed by atoms with E-state index in [0.29, 0.717) is 18.2 Å². The second-order valence-corrected chi connectivity index (χ2v) is 5.79. The Bertz CT molecular complexity index is 863. The van der Waals surface area contributed by atoms with Crippen LogP contribution in [-0.2, 0) is 29.2 Å². The molecule has 0 amide bonds. The Morgan fingerprint density at radius 2 is 1.85 bits per heavy atom. The van der Waals surface area contributed by atoms with E-state index in [4.69, 9.17) is 18.4 Å². The molecule has 0 atom stereocenters. The molecule has 0 spiro atoms. The quantitative estimate of drug-likeness (QED) is 0.595. The van der Waals surface area contributed by atoms with E-state index in [0.717, 1.165) is 22.6 Å². The maximum absolute atomic E-state index is 11.9. The van der Waals surface area contributed by atoms with Gasteiger partial charge in [-0.2, -0.15) is 0 Å². The fourth-order valence-electron chi connectivity index (χ4n) is 2.32. The van der Waals surface area contributed by atoms with Gasteiger partial charge in [0.1, 0.15) is 18.1 Å². The van der Waals surface area contributed by atoms with Crippen LogP contribution >= 0.6 is 0 Å². The van der Waals surface area contributed by atoms with E-state index >= 15 is 0 Å². The first kappa shape index (κ1) is 17.7. The minimum absolute atomic E-state index is 0.0295. The van der Waals surface area contributed by atoms with Crippen molar-refractivity contribution in [2.45, 2.75) is 40.4 Å². The molecule has 26 heavy (non-hydrogen) atoms. The van der Waals surface area contributed by atoms with Gasteiger partial charge in [-0.05, 0) is 31.5 Å². The lowest BCUT2D eigenvalue weighted by Gasteiger charge is -2.07. The molecule has 0 aliphatic carbocycles. The molecule has 8 nitrogen and oxygen atoms in total. The molecule has 0 fully saturated rings. The van der Waals surface area contributed by atoms with Crippen molar-refractivity contribution in [1.82, 2.24) is 15.4 Å². The maximum Gasteiger partial charge on any atom is 0.310 e. The molecule has 0 unspecified atom stereocenters. The topological polar surface area (TPSA) is 100 Å². The van der Waals surface area contributed by atoms with Gasteiger partial charge < -0.3 is 18.4 Å². The summed E-state index contributed by atoms with van der Waals surface area (Å²) in [5, 5.41) is 11.3. The monoisotopic (exact) mass is 357 g/mol. The Hall–Kier alpha value is -3.16. The molecule has 0 radical (unpaired) electrons. The number of aromatic nitrogens is 3. The molecular formula is C18H19N3O5. The zero-order chi connectivity index (χ0) is 18.5. The van der Waals surface area contributed by atoms with Crippen LogP contribution in [-0.4, -0.2) is 21.3 Å². The van der Waals surface area contributed by atoms with Crippen molar-refractivity contribution in [3.05, 3.63) is 58.6 Å². The van der Waals surface area contributed by atoms with Crippen molar-refractivity contribution in [1.29, 1.82) is 0 Å². The highest BCUT2D eigenvalue weighted by molar-refractivity contribution is 5.72. The van der Waals surface area contributed by atoms with Crippen LogP contribution in [0.2, 0.25) is 0 Å². The summed E-state index contributed by atoms with van der Waals surface area (Å²) in [5.41, 5.74) is 2.58. The summed E-state index contributed by atoms with van der Waals surface area (Å²) in [7, 11) is 0. The average Bonchev–Trinajstić information content (AvgIpc) is 3.18. The van der Waals surface area contributed by atoms with Crippen LogP contribution < -0.4 is 4.74 Å². The maximum atomic E-state index is 11.9. The van der Waals surface area contributed by atoms with Crippen LogP contribution in [0.3, 0.4) is 0 Å². The van der Waals surface area contributed by atoms with Gasteiger partial charge in [0.05, 0.1) is 17.7 Å². The number of ether oxygens (including phenoxy) is 2. The van der Waals surface area contributed by atoms with Gasteiger partial charge in [0.2, 0.25) is 5.89 Å². The molecule has 0 aliphatic heterocycles. The largest absolute Gasteiger partial charge is 0.489 e. The highest BCUT2D eigenvalue weighted by Gasteiger charge is 2.11. The Balaban J connectivity index is 1.48. The standard InChI is InChI=1S/C18H19N3O5/c1-11-16(12(2)26-21-11)9-23-15-6-4-14(5-7-15)8-18(22)24-10-17-20-19-13(3)25-17/h4-7H,8-10H2,1-3H3. The molecule has 1 aromatic carbocycles. The number of nitrogens with zero attached hydrogens (tertiary/aromatic N) is 3. The van der Waals surface area contributed by atoms with Gasteiger partial charge in [0.15, 0.2) is 6.61 Å². The summed E-state index contributed by atoms with van der Waals surface area (Å²) in [4.78, 5) is 11.9. The summed E-state index contributed by atoms with van der Waals surface area (Å²) in [6.45, 7) is 5.75. The number of rotatable bonds is 7. The van der Waals surface area contributed by atoms with E-state index in [1.807, 2.05) is 38.1 Å². The second-order valence-electron chi connectivity index (χ2n) is 5.79. The summed E-state index contributed by atoms with van der Waals surface area (Å²) >= 11 is 0. The minimum Gasteiger partial charge on any atom is -0.489 e.